The van der Waals surface area contributed by atoms with Gasteiger partial charge in [0.05, 0.1) is 16.3 Å². The highest BCUT2D eigenvalue weighted by Crippen LogP contribution is 2.34. The molecule has 0 spiro atoms. The molecular formula is C28H30N4O4S2. The summed E-state index contributed by atoms with van der Waals surface area (Å²) in [4.78, 5) is 39.4. The van der Waals surface area contributed by atoms with Crippen molar-refractivity contribution in [3.8, 4) is 0 Å². The van der Waals surface area contributed by atoms with Gasteiger partial charge in [-0.05, 0) is 78.4 Å². The molecule has 0 atom stereocenters. The molecule has 2 aromatic carbocycles. The van der Waals surface area contributed by atoms with Crippen LogP contribution in [0.4, 0.5) is 15.5 Å². The highest BCUT2D eigenvalue weighted by Gasteiger charge is 2.34. The lowest BCUT2D eigenvalue weighted by molar-refractivity contribution is -0.112. The standard InChI is InChI=1S/C28H30N4O4S2/c1-2-3-4-15-32-23-14-13-21(37-16-5-7-19-9-11-20(12-10-19)27(34)35)18-22(23)25(26(32)33)30-31-28(36)29-24-8-6-17-38-24/h6,8-14,17-18H,2-5,7,15-16H2,1H3,(H,34,35)(H2,29,31,36). The number of unbranched alkanes of at least 4 members (excludes halogenated alkanes) is 2. The SMILES string of the molecule is CCCCCN1C(=O)C(=NNC(=O)Nc2cccs2)c2cc(SCCCc3ccc(C(=O)O)cc3)ccc21. The number of amides is 3. The summed E-state index contributed by atoms with van der Waals surface area (Å²) in [5, 5.41) is 18.5. The van der Waals surface area contributed by atoms with Crippen molar-refractivity contribution in [2.75, 3.05) is 22.5 Å². The molecule has 2 heterocycles. The largest absolute Gasteiger partial charge is 0.478 e. The topological polar surface area (TPSA) is 111 Å². The number of carboxylic acids is 1. The first kappa shape index (κ1) is 27.4. The van der Waals surface area contributed by atoms with Crippen molar-refractivity contribution >= 4 is 57.4 Å². The average Bonchev–Trinajstić information content (AvgIpc) is 3.51. The van der Waals surface area contributed by atoms with Crippen LogP contribution in [0.5, 0.6) is 0 Å². The van der Waals surface area contributed by atoms with Crippen molar-refractivity contribution in [1.82, 2.24) is 5.43 Å². The Morgan fingerprint density at radius 2 is 1.89 bits per heavy atom. The number of aryl methyl sites for hydroxylation is 1. The second-order valence-corrected chi connectivity index (χ2v) is 10.9. The lowest BCUT2D eigenvalue weighted by Gasteiger charge is -2.16. The van der Waals surface area contributed by atoms with E-state index < -0.39 is 12.0 Å². The van der Waals surface area contributed by atoms with Crippen molar-refractivity contribution in [3.05, 3.63) is 76.7 Å². The van der Waals surface area contributed by atoms with Crippen LogP contribution < -0.4 is 15.6 Å². The maximum absolute atomic E-state index is 13.3. The highest BCUT2D eigenvalue weighted by atomic mass is 32.2. The van der Waals surface area contributed by atoms with Gasteiger partial charge < -0.3 is 10.0 Å². The fourth-order valence-corrected chi connectivity index (χ4v) is 5.61. The zero-order chi connectivity index (χ0) is 26.9. The van der Waals surface area contributed by atoms with Gasteiger partial charge in [0.25, 0.3) is 5.91 Å². The third-order valence-corrected chi connectivity index (χ3v) is 7.92. The van der Waals surface area contributed by atoms with E-state index in [4.69, 9.17) is 5.11 Å². The van der Waals surface area contributed by atoms with Crippen LogP contribution in [0.25, 0.3) is 0 Å². The van der Waals surface area contributed by atoms with Crippen LogP contribution in [-0.4, -0.2) is 41.0 Å². The fraction of sp³-hybridized carbons (Fsp3) is 0.286. The van der Waals surface area contributed by atoms with Crippen LogP contribution in [0, 0.1) is 0 Å². The first-order valence-electron chi connectivity index (χ1n) is 12.6. The van der Waals surface area contributed by atoms with E-state index in [2.05, 4.69) is 22.8 Å². The van der Waals surface area contributed by atoms with E-state index in [1.807, 2.05) is 41.8 Å². The second kappa shape index (κ2) is 13.3. The number of hydrogen-bond acceptors (Lipinski definition) is 6. The van der Waals surface area contributed by atoms with Gasteiger partial charge in [0.2, 0.25) is 0 Å². The number of nitrogens with zero attached hydrogens (tertiary/aromatic N) is 2. The lowest BCUT2D eigenvalue weighted by Crippen LogP contribution is -2.33. The zero-order valence-corrected chi connectivity index (χ0v) is 22.7. The number of nitrogens with one attached hydrogen (secondary N) is 2. The number of thiophene rings is 1. The molecule has 0 saturated carbocycles. The average molecular weight is 551 g/mol. The number of benzene rings is 2. The third kappa shape index (κ3) is 7.02. The third-order valence-electron chi connectivity index (χ3n) is 6.05. The molecule has 0 unspecified atom stereocenters. The zero-order valence-electron chi connectivity index (χ0n) is 21.1. The number of anilines is 2. The van der Waals surface area contributed by atoms with E-state index in [0.29, 0.717) is 11.5 Å². The fourth-order valence-electron chi connectivity index (χ4n) is 4.11. The van der Waals surface area contributed by atoms with Crippen LogP contribution in [0.3, 0.4) is 0 Å². The van der Waals surface area contributed by atoms with Crippen LogP contribution in [0.1, 0.15) is 54.1 Å². The van der Waals surface area contributed by atoms with Gasteiger partial charge >= 0.3 is 12.0 Å². The number of carbonyl (C=O) groups is 3. The number of carbonyl (C=O) groups excluding carboxylic acids is 2. The second-order valence-electron chi connectivity index (χ2n) is 8.80. The summed E-state index contributed by atoms with van der Waals surface area (Å²) in [6.45, 7) is 2.73. The van der Waals surface area contributed by atoms with Gasteiger partial charge in [0, 0.05) is 17.0 Å². The summed E-state index contributed by atoms with van der Waals surface area (Å²) in [6.07, 6.45) is 4.74. The summed E-state index contributed by atoms with van der Waals surface area (Å²) in [7, 11) is 0. The molecule has 4 rings (SSSR count). The van der Waals surface area contributed by atoms with E-state index in [1.54, 1.807) is 34.9 Å². The predicted octanol–water partition coefficient (Wildman–Crippen LogP) is 6.23. The molecule has 0 aliphatic carbocycles. The first-order valence-corrected chi connectivity index (χ1v) is 14.4. The Bertz CT molecular complexity index is 1310. The maximum Gasteiger partial charge on any atom is 0.340 e. The van der Waals surface area contributed by atoms with E-state index in [0.717, 1.165) is 59.6 Å². The molecule has 0 saturated heterocycles. The molecule has 10 heteroatoms. The van der Waals surface area contributed by atoms with E-state index in [9.17, 15) is 14.4 Å². The smallest absolute Gasteiger partial charge is 0.340 e. The van der Waals surface area contributed by atoms with Crippen molar-refractivity contribution < 1.29 is 19.5 Å². The van der Waals surface area contributed by atoms with Gasteiger partial charge in [0.15, 0.2) is 5.71 Å². The van der Waals surface area contributed by atoms with Crippen LogP contribution in [0.15, 0.2) is 70.0 Å². The molecule has 8 nitrogen and oxygen atoms in total. The van der Waals surface area contributed by atoms with Gasteiger partial charge in [-0.15, -0.1) is 23.1 Å². The Kier molecular flexibility index (Phi) is 9.56. The molecule has 1 aliphatic rings. The molecule has 0 radical (unpaired) electrons. The Labute approximate surface area is 230 Å². The van der Waals surface area contributed by atoms with Crippen LogP contribution >= 0.6 is 23.1 Å². The first-order chi connectivity index (χ1) is 18.5. The van der Waals surface area contributed by atoms with E-state index in [-0.39, 0.29) is 17.2 Å². The van der Waals surface area contributed by atoms with Gasteiger partial charge in [-0.3, -0.25) is 10.1 Å². The van der Waals surface area contributed by atoms with E-state index >= 15 is 0 Å². The summed E-state index contributed by atoms with van der Waals surface area (Å²) in [5.41, 5.74) is 5.63. The molecule has 38 heavy (non-hydrogen) atoms. The predicted molar refractivity (Wildman–Crippen MR) is 154 cm³/mol. The van der Waals surface area contributed by atoms with Crippen molar-refractivity contribution in [3.63, 3.8) is 0 Å². The van der Waals surface area contributed by atoms with Gasteiger partial charge in [-0.1, -0.05) is 31.9 Å². The number of urea groups is 1. The van der Waals surface area contributed by atoms with Crippen molar-refractivity contribution in [2.45, 2.75) is 43.9 Å². The number of thioether (sulfide) groups is 1. The van der Waals surface area contributed by atoms with Gasteiger partial charge in [0.1, 0.15) is 0 Å². The van der Waals surface area contributed by atoms with Crippen LogP contribution in [-0.2, 0) is 11.2 Å². The van der Waals surface area contributed by atoms with E-state index in [1.165, 1.54) is 11.3 Å². The number of hydrogen-bond donors (Lipinski definition) is 3. The molecule has 3 amide bonds. The number of rotatable bonds is 12. The number of fused-ring (bicyclic) bond motifs is 1. The monoisotopic (exact) mass is 550 g/mol. The van der Waals surface area contributed by atoms with Gasteiger partial charge in [-0.25, -0.2) is 15.0 Å². The molecule has 1 aliphatic heterocycles. The molecule has 1 aromatic heterocycles. The quantitative estimate of drug-likeness (QED) is 0.141. The Hall–Kier alpha value is -3.63. The maximum atomic E-state index is 13.3. The van der Waals surface area contributed by atoms with Gasteiger partial charge in [-0.2, -0.15) is 5.10 Å². The lowest BCUT2D eigenvalue weighted by atomic mass is 10.1. The summed E-state index contributed by atoms with van der Waals surface area (Å²) in [6, 6.07) is 16.0. The Morgan fingerprint density at radius 1 is 1.08 bits per heavy atom. The molecule has 3 N–H and O–H groups in total. The highest BCUT2D eigenvalue weighted by molar-refractivity contribution is 7.99. The number of carboxylic acid groups (broad SMARTS) is 1. The minimum absolute atomic E-state index is 0.209. The molecule has 198 valence electrons. The summed E-state index contributed by atoms with van der Waals surface area (Å²) >= 11 is 3.09. The minimum atomic E-state index is -0.924. The number of aromatic carboxylic acids is 1. The summed E-state index contributed by atoms with van der Waals surface area (Å²) < 4.78 is 0. The Balaban J connectivity index is 1.42. The minimum Gasteiger partial charge on any atom is -0.478 e. The number of hydrazone groups is 1. The normalized spacial score (nSPS) is 13.6. The molecular weight excluding hydrogens is 520 g/mol. The Morgan fingerprint density at radius 3 is 2.61 bits per heavy atom. The molecule has 0 fully saturated rings. The van der Waals surface area contributed by atoms with Crippen LogP contribution in [0.2, 0.25) is 0 Å². The molecule has 0 bridgehead atoms. The molecule has 3 aromatic rings. The van der Waals surface area contributed by atoms with Crippen molar-refractivity contribution in [2.24, 2.45) is 5.10 Å². The van der Waals surface area contributed by atoms with Crippen molar-refractivity contribution in [1.29, 1.82) is 0 Å². The summed E-state index contributed by atoms with van der Waals surface area (Å²) in [5.74, 6) is -0.270.